The van der Waals surface area contributed by atoms with Gasteiger partial charge >= 0.3 is 0 Å². The molecule has 3 heterocycles. The third-order valence-corrected chi connectivity index (χ3v) is 4.74. The Kier molecular flexibility index (Phi) is 5.41. The zero-order chi connectivity index (χ0) is 19.6. The van der Waals surface area contributed by atoms with E-state index in [9.17, 15) is 14.4 Å². The van der Waals surface area contributed by atoms with Gasteiger partial charge in [0.2, 0.25) is 5.95 Å². The van der Waals surface area contributed by atoms with Crippen molar-refractivity contribution in [1.29, 1.82) is 0 Å². The maximum absolute atomic E-state index is 12.6. The normalized spacial score (nSPS) is 16.7. The summed E-state index contributed by atoms with van der Waals surface area (Å²) in [6.07, 6.45) is 2.31. The van der Waals surface area contributed by atoms with E-state index in [0.717, 1.165) is 6.42 Å². The van der Waals surface area contributed by atoms with Crippen LogP contribution in [0.2, 0.25) is 0 Å². The first-order valence-electron chi connectivity index (χ1n) is 8.80. The number of nitrogens with one attached hydrogen (secondary N) is 2. The van der Waals surface area contributed by atoms with Crippen LogP contribution in [0, 0.1) is 0 Å². The summed E-state index contributed by atoms with van der Waals surface area (Å²) in [5.74, 6) is 0.259. The summed E-state index contributed by atoms with van der Waals surface area (Å²) < 4.78 is 0. The van der Waals surface area contributed by atoms with E-state index in [-0.39, 0.29) is 28.6 Å². The molecule has 0 bridgehead atoms. The minimum atomic E-state index is -0.372. The van der Waals surface area contributed by atoms with Gasteiger partial charge in [0.05, 0.1) is 5.69 Å². The summed E-state index contributed by atoms with van der Waals surface area (Å²) in [5, 5.41) is 0. The van der Waals surface area contributed by atoms with Gasteiger partial charge in [-0.15, -0.1) is 0 Å². The molecule has 2 aromatic rings. The number of carbonyl (C=O) groups excluding carboxylic acids is 1. The van der Waals surface area contributed by atoms with Crippen LogP contribution in [0.15, 0.2) is 34.0 Å². The Morgan fingerprint density at radius 2 is 2.11 bits per heavy atom. The minimum Gasteiger partial charge on any atom is -0.348 e. The summed E-state index contributed by atoms with van der Waals surface area (Å²) in [7, 11) is 5.58. The molecule has 1 unspecified atom stereocenters. The monoisotopic (exact) mass is 372 g/mol. The lowest BCUT2D eigenvalue weighted by Crippen LogP contribution is -2.38. The Hall–Kier alpha value is -2.94. The molecule has 9 heteroatoms. The predicted molar refractivity (Wildman–Crippen MR) is 102 cm³/mol. The molecule has 3 rings (SSSR count). The number of aromatic nitrogens is 3. The molecular weight excluding hydrogens is 348 g/mol. The number of nitrogens with zero attached hydrogens (tertiary/aromatic N) is 4. The zero-order valence-electron chi connectivity index (χ0n) is 15.7. The van der Waals surface area contributed by atoms with Crippen LogP contribution in [0.1, 0.15) is 22.5 Å². The maximum Gasteiger partial charge on any atom is 0.260 e. The molecule has 0 saturated carbocycles. The van der Waals surface area contributed by atoms with Gasteiger partial charge in [0.1, 0.15) is 5.56 Å². The van der Waals surface area contributed by atoms with E-state index in [1.807, 2.05) is 21.1 Å². The second kappa shape index (κ2) is 7.75. The SMILES string of the molecule is CN(C)c1nc(CN(C)C2CCN(C(=O)c3ccc[nH]c3=O)C2)cc(=O)[nH]1. The number of amides is 1. The van der Waals surface area contributed by atoms with Crippen molar-refractivity contribution >= 4 is 11.9 Å². The Morgan fingerprint density at radius 1 is 1.33 bits per heavy atom. The van der Waals surface area contributed by atoms with Crippen molar-refractivity contribution in [3.8, 4) is 0 Å². The smallest absolute Gasteiger partial charge is 0.260 e. The molecule has 0 aromatic carbocycles. The van der Waals surface area contributed by atoms with E-state index in [1.165, 1.54) is 12.3 Å². The van der Waals surface area contributed by atoms with Gasteiger partial charge in [0, 0.05) is 52.0 Å². The van der Waals surface area contributed by atoms with Crippen molar-refractivity contribution in [2.75, 3.05) is 39.1 Å². The average molecular weight is 372 g/mol. The van der Waals surface area contributed by atoms with Gasteiger partial charge < -0.3 is 14.8 Å². The molecule has 1 saturated heterocycles. The van der Waals surface area contributed by atoms with E-state index in [1.54, 1.807) is 21.9 Å². The molecule has 2 aromatic heterocycles. The largest absolute Gasteiger partial charge is 0.348 e. The number of H-pyrrole nitrogens is 2. The third-order valence-electron chi connectivity index (χ3n) is 4.74. The van der Waals surface area contributed by atoms with Crippen LogP contribution in [0.4, 0.5) is 5.95 Å². The Balaban J connectivity index is 1.67. The molecule has 1 aliphatic heterocycles. The van der Waals surface area contributed by atoms with Gasteiger partial charge in [-0.05, 0) is 25.6 Å². The van der Waals surface area contributed by atoms with Crippen molar-refractivity contribution in [3.63, 3.8) is 0 Å². The van der Waals surface area contributed by atoms with Gasteiger partial charge in [-0.1, -0.05) is 0 Å². The highest BCUT2D eigenvalue weighted by atomic mass is 16.2. The summed E-state index contributed by atoms with van der Waals surface area (Å²) in [6, 6.07) is 4.82. The average Bonchev–Trinajstić information content (AvgIpc) is 3.11. The number of aromatic amines is 2. The quantitative estimate of drug-likeness (QED) is 0.758. The number of rotatable bonds is 5. The van der Waals surface area contributed by atoms with E-state index >= 15 is 0 Å². The lowest BCUT2D eigenvalue weighted by atomic mass is 10.2. The van der Waals surface area contributed by atoms with E-state index in [0.29, 0.717) is 31.3 Å². The van der Waals surface area contributed by atoms with E-state index < -0.39 is 0 Å². The van der Waals surface area contributed by atoms with Gasteiger partial charge in [-0.25, -0.2) is 4.98 Å². The number of hydrogen-bond donors (Lipinski definition) is 2. The molecule has 1 atom stereocenters. The molecule has 9 nitrogen and oxygen atoms in total. The van der Waals surface area contributed by atoms with Crippen LogP contribution in [-0.2, 0) is 6.54 Å². The van der Waals surface area contributed by atoms with Crippen LogP contribution in [0.3, 0.4) is 0 Å². The van der Waals surface area contributed by atoms with Crippen molar-refractivity contribution in [2.24, 2.45) is 0 Å². The Labute approximate surface area is 156 Å². The molecule has 1 aliphatic rings. The van der Waals surface area contributed by atoms with Crippen LogP contribution in [-0.4, -0.2) is 70.9 Å². The van der Waals surface area contributed by atoms with Gasteiger partial charge in [0.15, 0.2) is 0 Å². The second-order valence-corrected chi connectivity index (χ2v) is 6.98. The predicted octanol–water partition coefficient (Wildman–Crippen LogP) is -0.129. The summed E-state index contributed by atoms with van der Waals surface area (Å²) in [4.78, 5) is 51.5. The fraction of sp³-hybridized carbons (Fsp3) is 0.444. The molecule has 144 valence electrons. The lowest BCUT2D eigenvalue weighted by molar-refractivity contribution is 0.0777. The highest BCUT2D eigenvalue weighted by Crippen LogP contribution is 2.18. The zero-order valence-corrected chi connectivity index (χ0v) is 15.7. The van der Waals surface area contributed by atoms with Crippen LogP contribution in [0.25, 0.3) is 0 Å². The second-order valence-electron chi connectivity index (χ2n) is 6.98. The number of likely N-dealkylation sites (N-methyl/N-ethyl adjacent to an activating group) is 1. The highest BCUT2D eigenvalue weighted by Gasteiger charge is 2.30. The summed E-state index contributed by atoms with van der Waals surface area (Å²) >= 11 is 0. The van der Waals surface area contributed by atoms with Crippen LogP contribution in [0.5, 0.6) is 0 Å². The molecule has 0 aliphatic carbocycles. The standard InChI is InChI=1S/C18H24N6O3/c1-22(2)18-20-12(9-15(25)21-18)10-23(3)13-6-8-24(11-13)17(27)14-5-4-7-19-16(14)26/h4-5,7,9,13H,6,8,10-11H2,1-3H3,(H,19,26)(H,20,21,25). The molecule has 0 spiro atoms. The Bertz CT molecular complexity index is 935. The minimum absolute atomic E-state index is 0.139. The topological polar surface area (TPSA) is 105 Å². The van der Waals surface area contributed by atoms with Gasteiger partial charge in [-0.3, -0.25) is 24.3 Å². The molecule has 27 heavy (non-hydrogen) atoms. The number of carbonyl (C=O) groups is 1. The summed E-state index contributed by atoms with van der Waals surface area (Å²) in [5.41, 5.74) is 0.272. The lowest BCUT2D eigenvalue weighted by Gasteiger charge is -2.24. The highest BCUT2D eigenvalue weighted by molar-refractivity contribution is 5.94. The summed E-state index contributed by atoms with van der Waals surface area (Å²) in [6.45, 7) is 1.63. The maximum atomic E-state index is 12.6. The van der Waals surface area contributed by atoms with Crippen molar-refractivity contribution in [1.82, 2.24) is 24.8 Å². The molecule has 2 N–H and O–H groups in total. The number of pyridine rings is 1. The third kappa shape index (κ3) is 4.25. The molecular formula is C18H24N6O3. The van der Waals surface area contributed by atoms with Crippen molar-refractivity contribution in [3.05, 3.63) is 56.4 Å². The number of hydrogen-bond acceptors (Lipinski definition) is 6. The first-order chi connectivity index (χ1) is 12.8. The first-order valence-corrected chi connectivity index (χ1v) is 8.80. The molecule has 1 amide bonds. The fourth-order valence-corrected chi connectivity index (χ4v) is 3.22. The van der Waals surface area contributed by atoms with Gasteiger partial charge in [0.25, 0.3) is 17.0 Å². The number of anilines is 1. The molecule has 1 fully saturated rings. The first kappa shape index (κ1) is 18.8. The van der Waals surface area contributed by atoms with Gasteiger partial charge in [-0.2, -0.15) is 0 Å². The Morgan fingerprint density at radius 3 is 2.81 bits per heavy atom. The van der Waals surface area contributed by atoms with Crippen LogP contribution >= 0.6 is 0 Å². The van der Waals surface area contributed by atoms with Crippen molar-refractivity contribution in [2.45, 2.75) is 19.0 Å². The fourth-order valence-electron chi connectivity index (χ4n) is 3.22. The molecule has 0 radical (unpaired) electrons. The van der Waals surface area contributed by atoms with Crippen LogP contribution < -0.4 is 16.0 Å². The number of likely N-dealkylation sites (tertiary alicyclic amines) is 1. The van der Waals surface area contributed by atoms with Crippen molar-refractivity contribution < 1.29 is 4.79 Å². The van der Waals surface area contributed by atoms with E-state index in [2.05, 4.69) is 19.9 Å². The van der Waals surface area contributed by atoms with E-state index in [4.69, 9.17) is 0 Å².